The Labute approximate surface area is 124 Å². The quantitative estimate of drug-likeness (QED) is 0.876. The third-order valence-electron chi connectivity index (χ3n) is 3.41. The summed E-state index contributed by atoms with van der Waals surface area (Å²) >= 11 is 6.22. The first-order chi connectivity index (χ1) is 9.58. The van der Waals surface area contributed by atoms with Gasteiger partial charge < -0.3 is 5.11 Å². The van der Waals surface area contributed by atoms with Gasteiger partial charge in [-0.05, 0) is 60.6 Å². The van der Waals surface area contributed by atoms with Crippen LogP contribution >= 0.6 is 11.6 Å². The molecule has 0 amide bonds. The van der Waals surface area contributed by atoms with Gasteiger partial charge in [-0.1, -0.05) is 35.9 Å². The van der Waals surface area contributed by atoms with Gasteiger partial charge in [-0.2, -0.15) is 0 Å². The maximum Gasteiger partial charge on any atom is 0.123 e. The van der Waals surface area contributed by atoms with Gasteiger partial charge in [0.1, 0.15) is 5.82 Å². The maximum absolute atomic E-state index is 12.9. The summed E-state index contributed by atoms with van der Waals surface area (Å²) in [5, 5.41) is 10.3. The van der Waals surface area contributed by atoms with Crippen molar-refractivity contribution in [3.63, 3.8) is 0 Å². The fourth-order valence-corrected chi connectivity index (χ4v) is 2.60. The predicted octanol–water partition coefficient (Wildman–Crippen LogP) is 4.18. The molecule has 0 spiro atoms. The topological polar surface area (TPSA) is 20.2 Å². The van der Waals surface area contributed by atoms with Crippen LogP contribution in [-0.4, -0.2) is 11.7 Å². The second-order valence-corrected chi connectivity index (χ2v) is 5.59. The third-order valence-corrected chi connectivity index (χ3v) is 3.76. The predicted molar refractivity (Wildman–Crippen MR) is 80.6 cm³/mol. The number of aliphatic hydroxyl groups excluding tert-OH is 1. The van der Waals surface area contributed by atoms with Crippen LogP contribution in [0.25, 0.3) is 0 Å². The van der Waals surface area contributed by atoms with E-state index in [4.69, 9.17) is 11.6 Å². The fraction of sp³-hybridized carbons (Fsp3) is 0.294. The molecule has 0 aliphatic heterocycles. The lowest BCUT2D eigenvalue weighted by Gasteiger charge is -2.15. The Hall–Kier alpha value is -1.38. The molecule has 0 saturated heterocycles. The molecule has 2 aromatic carbocycles. The number of rotatable bonds is 5. The summed E-state index contributed by atoms with van der Waals surface area (Å²) in [6.45, 7) is 2.08. The Bertz CT molecular complexity index is 566. The molecule has 2 rings (SSSR count). The van der Waals surface area contributed by atoms with Crippen molar-refractivity contribution < 1.29 is 9.50 Å². The Morgan fingerprint density at radius 3 is 2.40 bits per heavy atom. The Kier molecular flexibility index (Phi) is 5.16. The van der Waals surface area contributed by atoms with Crippen molar-refractivity contribution in [2.75, 3.05) is 6.61 Å². The van der Waals surface area contributed by atoms with Gasteiger partial charge in [0.2, 0.25) is 0 Å². The van der Waals surface area contributed by atoms with E-state index in [-0.39, 0.29) is 18.3 Å². The summed E-state index contributed by atoms with van der Waals surface area (Å²) in [6, 6.07) is 12.4. The number of aryl methyl sites for hydroxylation is 1. The molecule has 0 aliphatic carbocycles. The van der Waals surface area contributed by atoms with Crippen molar-refractivity contribution in [2.45, 2.75) is 19.8 Å². The molecular weight excluding hydrogens is 275 g/mol. The Balaban J connectivity index is 2.07. The first-order valence-electron chi connectivity index (χ1n) is 6.69. The standard InChI is InChI=1S/C17H18ClFO/c1-12-2-5-15(17(18)8-12)10-14(11-20)9-13-3-6-16(19)7-4-13/h2-8,14,20H,9-11H2,1H3. The van der Waals surface area contributed by atoms with E-state index >= 15 is 0 Å². The van der Waals surface area contributed by atoms with E-state index in [9.17, 15) is 9.50 Å². The van der Waals surface area contributed by atoms with Crippen LogP contribution < -0.4 is 0 Å². The van der Waals surface area contributed by atoms with Crippen LogP contribution in [0.2, 0.25) is 5.02 Å². The molecule has 20 heavy (non-hydrogen) atoms. The van der Waals surface area contributed by atoms with Gasteiger partial charge in [0.05, 0.1) is 0 Å². The van der Waals surface area contributed by atoms with Crippen molar-refractivity contribution in [3.05, 3.63) is 70.0 Å². The van der Waals surface area contributed by atoms with Crippen molar-refractivity contribution in [1.29, 1.82) is 0 Å². The molecule has 106 valence electrons. The van der Waals surface area contributed by atoms with Crippen LogP contribution in [0.15, 0.2) is 42.5 Å². The second-order valence-electron chi connectivity index (χ2n) is 5.18. The number of benzene rings is 2. The summed E-state index contributed by atoms with van der Waals surface area (Å²) in [5.41, 5.74) is 3.19. The molecule has 1 N–H and O–H groups in total. The van der Waals surface area contributed by atoms with E-state index in [1.807, 2.05) is 25.1 Å². The van der Waals surface area contributed by atoms with Crippen molar-refractivity contribution in [3.8, 4) is 0 Å². The number of hydrogen-bond acceptors (Lipinski definition) is 1. The molecule has 0 saturated carbocycles. The van der Waals surface area contributed by atoms with Gasteiger partial charge in [0.15, 0.2) is 0 Å². The highest BCUT2D eigenvalue weighted by atomic mass is 35.5. The third kappa shape index (κ3) is 4.06. The van der Waals surface area contributed by atoms with E-state index in [1.165, 1.54) is 12.1 Å². The van der Waals surface area contributed by atoms with Crippen LogP contribution in [0.3, 0.4) is 0 Å². The molecule has 0 radical (unpaired) electrons. The average Bonchev–Trinajstić information content (AvgIpc) is 2.43. The zero-order valence-corrected chi connectivity index (χ0v) is 12.2. The lowest BCUT2D eigenvalue weighted by atomic mass is 9.93. The minimum absolute atomic E-state index is 0.0840. The molecular formula is C17H18ClFO. The lowest BCUT2D eigenvalue weighted by Crippen LogP contribution is -2.13. The lowest BCUT2D eigenvalue weighted by molar-refractivity contribution is 0.225. The normalized spacial score (nSPS) is 12.4. The highest BCUT2D eigenvalue weighted by Crippen LogP contribution is 2.22. The molecule has 0 aromatic heterocycles. The Morgan fingerprint density at radius 1 is 1.10 bits per heavy atom. The molecule has 0 aliphatic rings. The van der Waals surface area contributed by atoms with Gasteiger partial charge in [0, 0.05) is 11.6 Å². The van der Waals surface area contributed by atoms with Crippen molar-refractivity contribution >= 4 is 11.6 Å². The van der Waals surface area contributed by atoms with E-state index in [0.29, 0.717) is 12.8 Å². The minimum atomic E-state index is -0.240. The summed E-state index contributed by atoms with van der Waals surface area (Å²) in [5.74, 6) is -0.156. The maximum atomic E-state index is 12.9. The van der Waals surface area contributed by atoms with E-state index in [0.717, 1.165) is 21.7 Å². The molecule has 0 fully saturated rings. The van der Waals surface area contributed by atoms with Gasteiger partial charge >= 0.3 is 0 Å². The summed E-state index contributed by atoms with van der Waals surface area (Å²) in [7, 11) is 0. The van der Waals surface area contributed by atoms with Gasteiger partial charge in [-0.3, -0.25) is 0 Å². The molecule has 1 nitrogen and oxygen atoms in total. The molecule has 1 atom stereocenters. The van der Waals surface area contributed by atoms with E-state index < -0.39 is 0 Å². The second kappa shape index (κ2) is 6.87. The van der Waals surface area contributed by atoms with E-state index in [2.05, 4.69) is 0 Å². The minimum Gasteiger partial charge on any atom is -0.396 e. The smallest absolute Gasteiger partial charge is 0.123 e. The van der Waals surface area contributed by atoms with Gasteiger partial charge in [-0.15, -0.1) is 0 Å². The fourth-order valence-electron chi connectivity index (χ4n) is 2.28. The molecule has 1 unspecified atom stereocenters. The van der Waals surface area contributed by atoms with Crippen molar-refractivity contribution in [1.82, 2.24) is 0 Å². The van der Waals surface area contributed by atoms with Gasteiger partial charge in [-0.25, -0.2) is 4.39 Å². The molecule has 3 heteroatoms. The van der Waals surface area contributed by atoms with Gasteiger partial charge in [0.25, 0.3) is 0 Å². The zero-order valence-electron chi connectivity index (χ0n) is 11.4. The molecule has 0 bridgehead atoms. The largest absolute Gasteiger partial charge is 0.396 e. The molecule has 0 heterocycles. The highest BCUT2D eigenvalue weighted by Gasteiger charge is 2.12. The van der Waals surface area contributed by atoms with Crippen LogP contribution in [0.1, 0.15) is 16.7 Å². The number of halogens is 2. The monoisotopic (exact) mass is 292 g/mol. The van der Waals surface area contributed by atoms with E-state index in [1.54, 1.807) is 12.1 Å². The van der Waals surface area contributed by atoms with Crippen LogP contribution in [0.5, 0.6) is 0 Å². The number of hydrogen-bond donors (Lipinski definition) is 1. The highest BCUT2D eigenvalue weighted by molar-refractivity contribution is 6.31. The van der Waals surface area contributed by atoms with Crippen LogP contribution in [0, 0.1) is 18.7 Å². The first kappa shape index (κ1) is 15.0. The van der Waals surface area contributed by atoms with Crippen LogP contribution in [-0.2, 0) is 12.8 Å². The van der Waals surface area contributed by atoms with Crippen molar-refractivity contribution in [2.24, 2.45) is 5.92 Å². The SMILES string of the molecule is Cc1ccc(CC(CO)Cc2ccc(F)cc2)c(Cl)c1. The average molecular weight is 293 g/mol. The Morgan fingerprint density at radius 2 is 1.80 bits per heavy atom. The first-order valence-corrected chi connectivity index (χ1v) is 7.06. The van der Waals surface area contributed by atoms with Crippen LogP contribution in [0.4, 0.5) is 4.39 Å². The summed E-state index contributed by atoms with van der Waals surface area (Å²) in [6.07, 6.45) is 1.42. The summed E-state index contributed by atoms with van der Waals surface area (Å²) in [4.78, 5) is 0. The zero-order chi connectivity index (χ0) is 14.5. The number of aliphatic hydroxyl groups is 1. The molecule has 2 aromatic rings. The summed E-state index contributed by atoms with van der Waals surface area (Å²) < 4.78 is 12.9.